The number of rotatable bonds is 4. The van der Waals surface area contributed by atoms with Gasteiger partial charge in [-0.2, -0.15) is 0 Å². The Balaban J connectivity index is 1.22. The maximum absolute atomic E-state index is 14.0. The molecule has 1 fully saturated rings. The van der Waals surface area contributed by atoms with E-state index in [1.54, 1.807) is 11.0 Å². The largest absolute Gasteiger partial charge is 0.352 e. The Morgan fingerprint density at radius 1 is 0.879 bits per heavy atom. The average Bonchev–Trinajstić information content (AvgIpc) is 2.86. The number of carbonyl (C=O) groups excluding carboxylic acids is 1. The number of piperazine rings is 1. The zero-order chi connectivity index (χ0) is 22.8. The van der Waals surface area contributed by atoms with Crippen LogP contribution in [-0.4, -0.2) is 47.2 Å². The number of benzene rings is 3. The van der Waals surface area contributed by atoms with Crippen molar-refractivity contribution in [2.24, 2.45) is 0 Å². The van der Waals surface area contributed by atoms with E-state index in [2.05, 4.69) is 45.4 Å². The maximum atomic E-state index is 14.0. The molecule has 1 aromatic heterocycles. The Hall–Kier alpha value is -3.51. The number of amides is 1. The summed E-state index contributed by atoms with van der Waals surface area (Å²) >= 11 is 6.07. The molecule has 33 heavy (non-hydrogen) atoms. The molecule has 1 aliphatic rings. The van der Waals surface area contributed by atoms with E-state index in [0.717, 1.165) is 17.1 Å². The third-order valence-electron chi connectivity index (χ3n) is 6.04. The molecule has 0 radical (unpaired) electrons. The first-order chi connectivity index (χ1) is 16.1. The molecular weight excluding hydrogens is 439 g/mol. The van der Waals surface area contributed by atoms with E-state index < -0.39 is 5.82 Å². The van der Waals surface area contributed by atoms with Gasteiger partial charge in [-0.1, -0.05) is 54.1 Å². The van der Waals surface area contributed by atoms with Crippen molar-refractivity contribution >= 4 is 34.1 Å². The van der Waals surface area contributed by atoms with Gasteiger partial charge in [-0.3, -0.25) is 4.79 Å². The second-order valence-electron chi connectivity index (χ2n) is 8.08. The molecule has 166 valence electrons. The van der Waals surface area contributed by atoms with Crippen molar-refractivity contribution in [3.8, 4) is 11.3 Å². The molecule has 0 spiro atoms. The molecule has 0 saturated carbocycles. The van der Waals surface area contributed by atoms with Gasteiger partial charge in [-0.15, -0.1) is 10.2 Å². The number of fused-ring (bicyclic) bond motifs is 1. The van der Waals surface area contributed by atoms with Crippen LogP contribution in [0.2, 0.25) is 5.02 Å². The summed E-state index contributed by atoms with van der Waals surface area (Å²) in [5.41, 5.74) is 2.09. The van der Waals surface area contributed by atoms with Crippen LogP contribution in [-0.2, 0) is 11.2 Å². The Morgan fingerprint density at radius 2 is 1.67 bits per heavy atom. The molecule has 0 bridgehead atoms. The molecule has 4 aromatic rings. The lowest BCUT2D eigenvalue weighted by atomic mass is 10.1. The Labute approximate surface area is 196 Å². The van der Waals surface area contributed by atoms with Crippen molar-refractivity contribution < 1.29 is 9.18 Å². The van der Waals surface area contributed by atoms with Crippen molar-refractivity contribution in [2.45, 2.75) is 6.42 Å². The van der Waals surface area contributed by atoms with E-state index in [1.165, 1.54) is 22.9 Å². The highest BCUT2D eigenvalue weighted by atomic mass is 35.5. The number of hydrogen-bond donors (Lipinski definition) is 0. The zero-order valence-corrected chi connectivity index (χ0v) is 18.7. The zero-order valence-electron chi connectivity index (χ0n) is 17.9. The summed E-state index contributed by atoms with van der Waals surface area (Å²) < 4.78 is 14.0. The van der Waals surface area contributed by atoms with E-state index in [9.17, 15) is 9.18 Å². The van der Waals surface area contributed by atoms with E-state index >= 15 is 0 Å². The highest BCUT2D eigenvalue weighted by molar-refractivity contribution is 6.31. The van der Waals surface area contributed by atoms with Crippen LogP contribution in [0.15, 0.2) is 72.8 Å². The smallest absolute Gasteiger partial charge is 0.227 e. The van der Waals surface area contributed by atoms with Gasteiger partial charge in [0.2, 0.25) is 5.91 Å². The summed E-state index contributed by atoms with van der Waals surface area (Å²) in [5.74, 6) is 0.208. The topological polar surface area (TPSA) is 49.3 Å². The van der Waals surface area contributed by atoms with Crippen LogP contribution in [0.4, 0.5) is 10.2 Å². The summed E-state index contributed by atoms with van der Waals surface area (Å²) in [6.45, 7) is 2.36. The minimum Gasteiger partial charge on any atom is -0.352 e. The number of nitrogens with zero attached hydrogens (tertiary/aromatic N) is 4. The van der Waals surface area contributed by atoms with E-state index in [-0.39, 0.29) is 22.9 Å². The molecule has 0 N–H and O–H groups in total. The van der Waals surface area contributed by atoms with E-state index in [1.807, 2.05) is 24.3 Å². The number of hydrogen-bond acceptors (Lipinski definition) is 4. The molecule has 0 atom stereocenters. The quantitative estimate of drug-likeness (QED) is 0.431. The van der Waals surface area contributed by atoms with E-state index in [4.69, 9.17) is 11.6 Å². The number of anilines is 1. The molecule has 5 rings (SSSR count). The molecule has 5 nitrogen and oxygen atoms in total. The summed E-state index contributed by atoms with van der Waals surface area (Å²) in [6.07, 6.45) is -0.0359. The lowest BCUT2D eigenvalue weighted by Gasteiger charge is -2.35. The number of aromatic nitrogens is 2. The summed E-state index contributed by atoms with van der Waals surface area (Å²) in [5, 5.41) is 11.5. The van der Waals surface area contributed by atoms with Gasteiger partial charge < -0.3 is 9.80 Å². The van der Waals surface area contributed by atoms with Crippen LogP contribution in [0.5, 0.6) is 0 Å². The fourth-order valence-electron chi connectivity index (χ4n) is 4.15. The fraction of sp³-hybridized carbons (Fsp3) is 0.192. The van der Waals surface area contributed by atoms with Gasteiger partial charge in [0.15, 0.2) is 5.82 Å². The second kappa shape index (κ2) is 9.16. The first-order valence-corrected chi connectivity index (χ1v) is 11.2. The van der Waals surface area contributed by atoms with Gasteiger partial charge in [0.1, 0.15) is 5.82 Å². The summed E-state index contributed by atoms with van der Waals surface area (Å²) in [4.78, 5) is 16.5. The Morgan fingerprint density at radius 3 is 2.39 bits per heavy atom. The van der Waals surface area contributed by atoms with Crippen LogP contribution < -0.4 is 4.90 Å². The first kappa shape index (κ1) is 21.3. The predicted molar refractivity (Wildman–Crippen MR) is 129 cm³/mol. The molecule has 0 unspecified atom stereocenters. The molecule has 2 heterocycles. The molecular formula is C26H22ClFN4O. The van der Waals surface area contributed by atoms with Crippen molar-refractivity contribution in [1.29, 1.82) is 0 Å². The highest BCUT2D eigenvalue weighted by Gasteiger charge is 2.23. The second-order valence-corrected chi connectivity index (χ2v) is 8.49. The van der Waals surface area contributed by atoms with Gasteiger partial charge in [0, 0.05) is 42.3 Å². The van der Waals surface area contributed by atoms with Crippen LogP contribution in [0.1, 0.15) is 5.56 Å². The monoisotopic (exact) mass is 460 g/mol. The van der Waals surface area contributed by atoms with Crippen LogP contribution in [0.25, 0.3) is 22.0 Å². The van der Waals surface area contributed by atoms with Crippen LogP contribution in [0.3, 0.4) is 0 Å². The Bertz CT molecular complexity index is 1280. The van der Waals surface area contributed by atoms with Gasteiger partial charge in [-0.25, -0.2) is 4.39 Å². The summed E-state index contributed by atoms with van der Waals surface area (Å²) in [6, 6.07) is 22.9. The van der Waals surface area contributed by atoms with Crippen molar-refractivity contribution in [3.05, 3.63) is 89.2 Å². The number of carbonyl (C=O) groups is 1. The van der Waals surface area contributed by atoms with Gasteiger partial charge in [0.25, 0.3) is 0 Å². The molecule has 1 aliphatic heterocycles. The van der Waals surface area contributed by atoms with Crippen molar-refractivity contribution in [1.82, 2.24) is 15.1 Å². The molecule has 0 aliphatic carbocycles. The van der Waals surface area contributed by atoms with Crippen LogP contribution >= 0.6 is 11.6 Å². The standard InChI is InChI=1S/C26H22ClFN4O/c27-22-6-3-7-23(28)21(22)17-26(33)32-14-12-31(13-15-32)25-11-10-24(29-30-25)20-9-8-18-4-1-2-5-19(18)16-20/h1-11,16H,12-15,17H2. The molecule has 1 amide bonds. The van der Waals surface area contributed by atoms with Gasteiger partial charge >= 0.3 is 0 Å². The Kier molecular flexibility index (Phi) is 5.92. The van der Waals surface area contributed by atoms with Crippen LogP contribution in [0, 0.1) is 5.82 Å². The lowest BCUT2D eigenvalue weighted by Crippen LogP contribution is -2.49. The SMILES string of the molecule is O=C(Cc1c(F)cccc1Cl)N1CCN(c2ccc(-c3ccc4ccccc4c3)nn2)CC1. The van der Waals surface area contributed by atoms with E-state index in [0.29, 0.717) is 26.2 Å². The van der Waals surface area contributed by atoms with Crippen molar-refractivity contribution in [2.75, 3.05) is 31.1 Å². The maximum Gasteiger partial charge on any atom is 0.227 e. The highest BCUT2D eigenvalue weighted by Crippen LogP contribution is 2.24. The third kappa shape index (κ3) is 4.52. The first-order valence-electron chi connectivity index (χ1n) is 10.9. The average molecular weight is 461 g/mol. The minimum atomic E-state index is -0.448. The molecule has 7 heteroatoms. The third-order valence-corrected chi connectivity index (χ3v) is 6.40. The molecule has 3 aromatic carbocycles. The fourth-order valence-corrected chi connectivity index (χ4v) is 4.38. The predicted octanol–water partition coefficient (Wildman–Crippen LogP) is 4.98. The molecule has 1 saturated heterocycles. The number of halogens is 2. The normalized spacial score (nSPS) is 14.0. The van der Waals surface area contributed by atoms with Crippen molar-refractivity contribution in [3.63, 3.8) is 0 Å². The van der Waals surface area contributed by atoms with Gasteiger partial charge in [-0.05, 0) is 41.1 Å². The van der Waals surface area contributed by atoms with Gasteiger partial charge in [0.05, 0.1) is 12.1 Å². The minimum absolute atomic E-state index is 0.0359. The lowest BCUT2D eigenvalue weighted by molar-refractivity contribution is -0.130. The summed E-state index contributed by atoms with van der Waals surface area (Å²) in [7, 11) is 0.